The fraction of sp³-hybridized carbons (Fsp3) is 0. The van der Waals surface area contributed by atoms with Crippen LogP contribution in [0, 0.1) is 0 Å². The van der Waals surface area contributed by atoms with Crippen molar-refractivity contribution < 1.29 is 0 Å². The number of aromatic nitrogens is 4. The molecular formula is C5H3ClN4. The van der Waals surface area contributed by atoms with E-state index in [1.54, 1.807) is 22.8 Å². The van der Waals surface area contributed by atoms with Crippen LogP contribution in [0.3, 0.4) is 0 Å². The molecule has 50 valence electrons. The van der Waals surface area contributed by atoms with Crippen LogP contribution in [0.4, 0.5) is 0 Å². The van der Waals surface area contributed by atoms with Gasteiger partial charge < -0.3 is 0 Å². The van der Waals surface area contributed by atoms with Crippen molar-refractivity contribution in [3.05, 3.63) is 23.4 Å². The van der Waals surface area contributed by atoms with Crippen LogP contribution < -0.4 is 0 Å². The van der Waals surface area contributed by atoms with Gasteiger partial charge in [0, 0.05) is 17.3 Å². The Morgan fingerprint density at radius 2 is 2.40 bits per heavy atom. The van der Waals surface area contributed by atoms with Gasteiger partial charge in [0.25, 0.3) is 0 Å². The van der Waals surface area contributed by atoms with Gasteiger partial charge in [-0.3, -0.25) is 0 Å². The number of tetrazole rings is 1. The number of hydrogen-bond donors (Lipinski definition) is 0. The first kappa shape index (κ1) is 5.61. The molecule has 2 aromatic rings. The zero-order valence-electron chi connectivity index (χ0n) is 4.90. The summed E-state index contributed by atoms with van der Waals surface area (Å²) in [7, 11) is 0. The molecule has 0 aliphatic heterocycles. The second-order valence-electron chi connectivity index (χ2n) is 1.83. The van der Waals surface area contributed by atoms with E-state index >= 15 is 0 Å². The fourth-order valence-electron chi connectivity index (χ4n) is 0.715. The lowest BCUT2D eigenvalue weighted by molar-refractivity contribution is 0.823. The topological polar surface area (TPSA) is 43.1 Å². The molecule has 0 atom stereocenters. The Bertz CT molecular complexity index is 355. The molecule has 0 unspecified atom stereocenters. The Kier molecular flexibility index (Phi) is 1.07. The largest absolute Gasteiger partial charge is 0.201 e. The molecule has 0 amide bonds. The van der Waals surface area contributed by atoms with Gasteiger partial charge in [-0.15, -0.1) is 5.10 Å². The summed E-state index contributed by atoms with van der Waals surface area (Å²) < 4.78 is 1.55. The van der Waals surface area contributed by atoms with Gasteiger partial charge in [0.15, 0.2) is 5.65 Å². The van der Waals surface area contributed by atoms with Crippen molar-refractivity contribution >= 4 is 17.2 Å². The normalized spacial score (nSPS) is 10.5. The smallest absolute Gasteiger partial charge is 0.180 e. The first-order valence-corrected chi connectivity index (χ1v) is 3.07. The molecule has 2 aromatic heterocycles. The summed E-state index contributed by atoms with van der Waals surface area (Å²) in [6.45, 7) is 0. The average molecular weight is 155 g/mol. The second kappa shape index (κ2) is 1.91. The molecule has 2 heterocycles. The lowest BCUT2D eigenvalue weighted by Gasteiger charge is -1.87. The summed E-state index contributed by atoms with van der Waals surface area (Å²) >= 11 is 5.67. The van der Waals surface area contributed by atoms with E-state index in [0.717, 1.165) is 0 Å². The number of pyridine rings is 1. The standard InChI is InChI=1S/C5H3ClN4/c6-4-1-2-10-5(3-4)7-8-9-10/h1-3H. The highest BCUT2D eigenvalue weighted by molar-refractivity contribution is 6.30. The van der Waals surface area contributed by atoms with E-state index in [1.165, 1.54) is 0 Å². The molecule has 0 N–H and O–H groups in total. The van der Waals surface area contributed by atoms with E-state index in [4.69, 9.17) is 11.6 Å². The third-order valence-electron chi connectivity index (χ3n) is 1.16. The Morgan fingerprint density at radius 3 is 3.30 bits per heavy atom. The fourth-order valence-corrected chi connectivity index (χ4v) is 0.869. The Hall–Kier alpha value is -1.16. The molecule has 10 heavy (non-hydrogen) atoms. The number of hydrogen-bond acceptors (Lipinski definition) is 3. The van der Waals surface area contributed by atoms with Gasteiger partial charge >= 0.3 is 0 Å². The van der Waals surface area contributed by atoms with E-state index in [0.29, 0.717) is 10.7 Å². The van der Waals surface area contributed by atoms with Crippen molar-refractivity contribution in [3.8, 4) is 0 Å². The maximum Gasteiger partial charge on any atom is 0.180 e. The molecule has 2 rings (SSSR count). The van der Waals surface area contributed by atoms with Gasteiger partial charge in [0.1, 0.15) is 0 Å². The second-order valence-corrected chi connectivity index (χ2v) is 2.26. The summed E-state index contributed by atoms with van der Waals surface area (Å²) in [5.74, 6) is 0. The lowest BCUT2D eigenvalue weighted by atomic mass is 10.5. The first-order valence-electron chi connectivity index (χ1n) is 2.69. The van der Waals surface area contributed by atoms with Gasteiger partial charge in [-0.2, -0.15) is 0 Å². The van der Waals surface area contributed by atoms with Crippen molar-refractivity contribution in [2.75, 3.05) is 0 Å². The molecule has 0 saturated heterocycles. The van der Waals surface area contributed by atoms with Crippen LogP contribution in [-0.2, 0) is 0 Å². The highest BCUT2D eigenvalue weighted by Crippen LogP contribution is 2.07. The van der Waals surface area contributed by atoms with Gasteiger partial charge in [-0.1, -0.05) is 11.6 Å². The minimum atomic E-state index is 0.641. The van der Waals surface area contributed by atoms with E-state index in [9.17, 15) is 0 Å². The molecular weight excluding hydrogens is 152 g/mol. The van der Waals surface area contributed by atoms with Crippen molar-refractivity contribution in [3.63, 3.8) is 0 Å². The summed E-state index contributed by atoms with van der Waals surface area (Å²) in [5, 5.41) is 11.4. The molecule has 0 bridgehead atoms. The van der Waals surface area contributed by atoms with Gasteiger partial charge in [0.05, 0.1) is 0 Å². The average Bonchev–Trinajstić information content (AvgIpc) is 2.33. The predicted molar refractivity (Wildman–Crippen MR) is 35.8 cm³/mol. The van der Waals surface area contributed by atoms with Crippen LogP contribution in [0.15, 0.2) is 18.3 Å². The SMILES string of the molecule is Clc1ccn2nnnc2c1. The van der Waals surface area contributed by atoms with Crippen LogP contribution >= 0.6 is 11.6 Å². The summed E-state index contributed by atoms with van der Waals surface area (Å²) in [6, 6.07) is 3.42. The van der Waals surface area contributed by atoms with Crippen LogP contribution in [0.1, 0.15) is 0 Å². The van der Waals surface area contributed by atoms with E-state index in [-0.39, 0.29) is 0 Å². The number of nitrogens with zero attached hydrogens (tertiary/aromatic N) is 4. The van der Waals surface area contributed by atoms with Gasteiger partial charge in [-0.05, 0) is 16.5 Å². The van der Waals surface area contributed by atoms with Crippen molar-refractivity contribution in [1.82, 2.24) is 20.0 Å². The molecule has 0 aliphatic rings. The van der Waals surface area contributed by atoms with Crippen LogP contribution in [0.5, 0.6) is 0 Å². The predicted octanol–water partition coefficient (Wildman–Crippen LogP) is 0.778. The Balaban J connectivity index is 2.86. The quantitative estimate of drug-likeness (QED) is 0.563. The summed E-state index contributed by atoms with van der Waals surface area (Å²) in [4.78, 5) is 0. The summed E-state index contributed by atoms with van der Waals surface area (Å²) in [6.07, 6.45) is 1.71. The highest BCUT2D eigenvalue weighted by atomic mass is 35.5. The zero-order chi connectivity index (χ0) is 6.97. The molecule has 4 nitrogen and oxygen atoms in total. The van der Waals surface area contributed by atoms with Gasteiger partial charge in [-0.25, -0.2) is 4.52 Å². The molecule has 0 aliphatic carbocycles. The minimum Gasteiger partial charge on any atom is -0.201 e. The number of halogens is 1. The van der Waals surface area contributed by atoms with Crippen LogP contribution in [0.25, 0.3) is 5.65 Å². The third-order valence-corrected chi connectivity index (χ3v) is 1.40. The molecule has 0 aromatic carbocycles. The van der Waals surface area contributed by atoms with E-state index in [1.807, 2.05) is 0 Å². The van der Waals surface area contributed by atoms with Crippen LogP contribution in [-0.4, -0.2) is 20.0 Å². The summed E-state index contributed by atoms with van der Waals surface area (Å²) in [5.41, 5.74) is 0.660. The number of rotatable bonds is 0. The third kappa shape index (κ3) is 0.733. The highest BCUT2D eigenvalue weighted by Gasteiger charge is 1.94. The van der Waals surface area contributed by atoms with Gasteiger partial charge in [0.2, 0.25) is 0 Å². The van der Waals surface area contributed by atoms with Crippen molar-refractivity contribution in [2.24, 2.45) is 0 Å². The number of fused-ring (bicyclic) bond motifs is 1. The van der Waals surface area contributed by atoms with Crippen molar-refractivity contribution in [2.45, 2.75) is 0 Å². The molecule has 0 radical (unpaired) electrons. The van der Waals surface area contributed by atoms with Crippen molar-refractivity contribution in [1.29, 1.82) is 0 Å². The minimum absolute atomic E-state index is 0.641. The maximum absolute atomic E-state index is 5.67. The molecule has 0 spiro atoms. The zero-order valence-corrected chi connectivity index (χ0v) is 5.65. The molecule has 0 saturated carbocycles. The monoisotopic (exact) mass is 154 g/mol. The van der Waals surface area contributed by atoms with Crippen LogP contribution in [0.2, 0.25) is 5.02 Å². The molecule has 5 heteroatoms. The maximum atomic E-state index is 5.67. The molecule has 0 fully saturated rings. The van der Waals surface area contributed by atoms with E-state index in [2.05, 4.69) is 15.5 Å². The Morgan fingerprint density at radius 1 is 1.50 bits per heavy atom. The first-order chi connectivity index (χ1) is 4.86. The lowest BCUT2D eigenvalue weighted by Crippen LogP contribution is -1.84. The van der Waals surface area contributed by atoms with E-state index < -0.39 is 0 Å². The Labute approximate surface area is 61.4 Å².